The molecule has 1 aliphatic rings. The van der Waals surface area contributed by atoms with Crippen LogP contribution in [0.15, 0.2) is 11.7 Å². The van der Waals surface area contributed by atoms with Gasteiger partial charge in [0, 0.05) is 23.5 Å². The van der Waals surface area contributed by atoms with Crippen molar-refractivity contribution in [2.24, 2.45) is 17.7 Å². The molecule has 1 unspecified atom stereocenters. The number of hydrogen-bond acceptors (Lipinski definition) is 4. The Morgan fingerprint density at radius 2 is 2.22 bits per heavy atom. The van der Waals surface area contributed by atoms with Crippen LogP contribution in [0.1, 0.15) is 50.3 Å². The molecular weight excluding hydrogens is 242 g/mol. The maximum absolute atomic E-state index is 5.75. The molecule has 0 bridgehead atoms. The van der Waals surface area contributed by atoms with Crippen LogP contribution < -0.4 is 11.3 Å². The third-order valence-electron chi connectivity index (χ3n) is 4.28. The lowest BCUT2D eigenvalue weighted by Gasteiger charge is -2.33. The van der Waals surface area contributed by atoms with Crippen LogP contribution >= 0.6 is 11.3 Å². The number of aromatic nitrogens is 1. The molecule has 1 aromatic rings. The third-order valence-corrected chi connectivity index (χ3v) is 5.08. The van der Waals surface area contributed by atoms with E-state index in [4.69, 9.17) is 5.84 Å². The fourth-order valence-electron chi connectivity index (χ4n) is 3.21. The van der Waals surface area contributed by atoms with Crippen molar-refractivity contribution in [2.45, 2.75) is 57.9 Å². The topological polar surface area (TPSA) is 50.9 Å². The zero-order valence-electron chi connectivity index (χ0n) is 11.3. The summed E-state index contributed by atoms with van der Waals surface area (Å²) in [5, 5.41) is 0. The second kappa shape index (κ2) is 7.22. The van der Waals surface area contributed by atoms with Crippen LogP contribution in [0.4, 0.5) is 0 Å². The van der Waals surface area contributed by atoms with Gasteiger partial charge in [0.15, 0.2) is 0 Å². The van der Waals surface area contributed by atoms with Crippen molar-refractivity contribution in [1.29, 1.82) is 0 Å². The molecule has 1 atom stereocenters. The highest BCUT2D eigenvalue weighted by atomic mass is 32.1. The van der Waals surface area contributed by atoms with Crippen molar-refractivity contribution in [3.8, 4) is 0 Å². The van der Waals surface area contributed by atoms with Crippen LogP contribution in [0.5, 0.6) is 0 Å². The maximum Gasteiger partial charge on any atom is 0.0794 e. The Labute approximate surface area is 114 Å². The van der Waals surface area contributed by atoms with E-state index in [9.17, 15) is 0 Å². The molecule has 0 radical (unpaired) electrons. The maximum atomic E-state index is 5.75. The van der Waals surface area contributed by atoms with Crippen LogP contribution in [0.2, 0.25) is 0 Å². The van der Waals surface area contributed by atoms with Gasteiger partial charge in [0.2, 0.25) is 0 Å². The lowest BCUT2D eigenvalue weighted by molar-refractivity contribution is 0.213. The zero-order chi connectivity index (χ0) is 12.8. The summed E-state index contributed by atoms with van der Waals surface area (Å²) in [4.78, 5) is 5.48. The molecule has 3 nitrogen and oxygen atoms in total. The van der Waals surface area contributed by atoms with E-state index in [2.05, 4.69) is 17.3 Å². The summed E-state index contributed by atoms with van der Waals surface area (Å²) >= 11 is 1.73. The fourth-order valence-corrected chi connectivity index (χ4v) is 3.86. The minimum Gasteiger partial charge on any atom is -0.271 e. The number of rotatable bonds is 6. The number of nitrogens with zero attached hydrogens (tertiary/aromatic N) is 1. The summed E-state index contributed by atoms with van der Waals surface area (Å²) < 4.78 is 0. The molecule has 1 fully saturated rings. The summed E-state index contributed by atoms with van der Waals surface area (Å²) in [6.07, 6.45) is 11.2. The Balaban J connectivity index is 1.82. The van der Waals surface area contributed by atoms with E-state index in [1.807, 2.05) is 11.7 Å². The largest absolute Gasteiger partial charge is 0.271 e. The molecule has 1 saturated carbocycles. The van der Waals surface area contributed by atoms with Crippen molar-refractivity contribution in [3.63, 3.8) is 0 Å². The Morgan fingerprint density at radius 3 is 2.78 bits per heavy atom. The lowest BCUT2D eigenvalue weighted by Crippen LogP contribution is -2.43. The molecule has 0 aromatic carbocycles. The van der Waals surface area contributed by atoms with Gasteiger partial charge in [-0.15, -0.1) is 11.3 Å². The van der Waals surface area contributed by atoms with E-state index >= 15 is 0 Å². The first-order valence-corrected chi connectivity index (χ1v) is 8.05. The van der Waals surface area contributed by atoms with Gasteiger partial charge in [0.25, 0.3) is 0 Å². The predicted octanol–water partition coefficient (Wildman–Crippen LogP) is 3.12. The number of nitrogens with two attached hydrogens (primary N) is 1. The van der Waals surface area contributed by atoms with Crippen LogP contribution in [-0.4, -0.2) is 11.0 Å². The zero-order valence-corrected chi connectivity index (χ0v) is 12.1. The highest BCUT2D eigenvalue weighted by molar-refractivity contribution is 7.09. The predicted molar refractivity (Wildman–Crippen MR) is 77.3 cm³/mol. The second-order valence-electron chi connectivity index (χ2n) is 5.51. The molecule has 0 amide bonds. The van der Waals surface area contributed by atoms with Gasteiger partial charge in [-0.3, -0.25) is 16.3 Å². The van der Waals surface area contributed by atoms with Gasteiger partial charge >= 0.3 is 0 Å². The fraction of sp³-hybridized carbons (Fsp3) is 0.786. The van der Waals surface area contributed by atoms with E-state index in [1.54, 1.807) is 11.3 Å². The van der Waals surface area contributed by atoms with E-state index in [1.165, 1.54) is 43.4 Å². The van der Waals surface area contributed by atoms with Crippen molar-refractivity contribution in [2.75, 3.05) is 0 Å². The van der Waals surface area contributed by atoms with Crippen LogP contribution in [-0.2, 0) is 6.42 Å². The molecule has 18 heavy (non-hydrogen) atoms. The quantitative estimate of drug-likeness (QED) is 0.615. The van der Waals surface area contributed by atoms with Crippen LogP contribution in [0.3, 0.4) is 0 Å². The number of hydrazine groups is 1. The van der Waals surface area contributed by atoms with Gasteiger partial charge in [-0.05, 0) is 24.7 Å². The molecule has 102 valence electrons. The van der Waals surface area contributed by atoms with Gasteiger partial charge in [-0.2, -0.15) is 0 Å². The highest BCUT2D eigenvalue weighted by Gasteiger charge is 2.27. The minimum atomic E-state index is 0.424. The van der Waals surface area contributed by atoms with Crippen LogP contribution in [0.25, 0.3) is 0 Å². The van der Waals surface area contributed by atoms with Gasteiger partial charge in [-0.25, -0.2) is 0 Å². The Morgan fingerprint density at radius 1 is 1.44 bits per heavy atom. The molecular formula is C14H25N3S. The molecule has 1 aromatic heterocycles. The molecule has 2 rings (SSSR count). The molecule has 4 heteroatoms. The Kier molecular flexibility index (Phi) is 5.60. The molecule has 1 aliphatic carbocycles. The average molecular weight is 267 g/mol. The lowest BCUT2D eigenvalue weighted by atomic mass is 9.76. The number of nitrogens with one attached hydrogen (secondary N) is 1. The number of hydrogen-bond donors (Lipinski definition) is 2. The van der Waals surface area contributed by atoms with Crippen molar-refractivity contribution >= 4 is 11.3 Å². The average Bonchev–Trinajstić information content (AvgIpc) is 2.90. The first-order valence-electron chi connectivity index (χ1n) is 7.17. The Hall–Kier alpha value is -0.450. The Bertz CT molecular complexity index is 318. The highest BCUT2D eigenvalue weighted by Crippen LogP contribution is 2.34. The molecule has 0 aliphatic heterocycles. The van der Waals surface area contributed by atoms with Crippen molar-refractivity contribution < 1.29 is 0 Å². The minimum absolute atomic E-state index is 0.424. The van der Waals surface area contributed by atoms with E-state index in [0.29, 0.717) is 6.04 Å². The standard InChI is InChI=1S/C14H25N3S/c1-2-3-11-4-6-12(7-5-11)14(17-15)8-13-9-16-10-18-13/h9-12,14,17H,2-8,15H2,1H3. The van der Waals surface area contributed by atoms with E-state index in [-0.39, 0.29) is 0 Å². The third kappa shape index (κ3) is 3.77. The molecule has 0 spiro atoms. The summed E-state index contributed by atoms with van der Waals surface area (Å²) in [7, 11) is 0. The normalized spacial score (nSPS) is 26.1. The molecule has 1 heterocycles. The monoisotopic (exact) mass is 267 g/mol. The smallest absolute Gasteiger partial charge is 0.0794 e. The summed E-state index contributed by atoms with van der Waals surface area (Å²) in [5.74, 6) is 7.45. The van der Waals surface area contributed by atoms with E-state index in [0.717, 1.165) is 18.3 Å². The second-order valence-corrected chi connectivity index (χ2v) is 6.49. The molecule has 0 saturated heterocycles. The first-order chi connectivity index (χ1) is 8.83. The van der Waals surface area contributed by atoms with Gasteiger partial charge < -0.3 is 0 Å². The SMILES string of the molecule is CCCC1CCC(C(Cc2cncs2)NN)CC1. The van der Waals surface area contributed by atoms with Crippen LogP contribution in [0, 0.1) is 11.8 Å². The van der Waals surface area contributed by atoms with Gasteiger partial charge in [0.1, 0.15) is 0 Å². The molecule has 3 N–H and O–H groups in total. The first kappa shape index (κ1) is 14.0. The summed E-state index contributed by atoms with van der Waals surface area (Å²) in [5.41, 5.74) is 4.94. The summed E-state index contributed by atoms with van der Waals surface area (Å²) in [6, 6.07) is 0.424. The van der Waals surface area contributed by atoms with Crippen molar-refractivity contribution in [1.82, 2.24) is 10.4 Å². The van der Waals surface area contributed by atoms with E-state index < -0.39 is 0 Å². The summed E-state index contributed by atoms with van der Waals surface area (Å²) in [6.45, 7) is 2.29. The number of thiazole rings is 1. The van der Waals surface area contributed by atoms with Crippen molar-refractivity contribution in [3.05, 3.63) is 16.6 Å². The van der Waals surface area contributed by atoms with Gasteiger partial charge in [-0.1, -0.05) is 32.6 Å². The van der Waals surface area contributed by atoms with Gasteiger partial charge in [0.05, 0.1) is 5.51 Å².